The predicted octanol–water partition coefficient (Wildman–Crippen LogP) is 1.09. The zero-order valence-electron chi connectivity index (χ0n) is 11.7. The minimum absolute atomic E-state index is 0.288. The number of aromatic amines is 1. The Labute approximate surface area is 115 Å². The number of H-pyrrole nitrogens is 1. The first-order chi connectivity index (χ1) is 9.58. The van der Waals surface area contributed by atoms with E-state index in [4.69, 9.17) is 0 Å². The van der Waals surface area contributed by atoms with Gasteiger partial charge in [-0.15, -0.1) is 0 Å². The van der Waals surface area contributed by atoms with E-state index in [-0.39, 0.29) is 11.2 Å². The van der Waals surface area contributed by atoms with Crippen molar-refractivity contribution in [3.63, 3.8) is 0 Å². The number of aromatic nitrogens is 4. The molecule has 6 heteroatoms. The standard InChI is InChI=1S/C14H18N4O2/c1-9-15-11-12(16-9)18(14(20)17(2)13(11)19)8-10-6-4-3-5-7-10/h3-4,10H,5-8H2,1-2H3,(H,15,16)/t10-/m0/s1. The van der Waals surface area contributed by atoms with Gasteiger partial charge in [0, 0.05) is 13.6 Å². The molecule has 0 saturated carbocycles. The second-order valence-electron chi connectivity index (χ2n) is 5.43. The Morgan fingerprint density at radius 3 is 2.90 bits per heavy atom. The highest BCUT2D eigenvalue weighted by atomic mass is 16.2. The van der Waals surface area contributed by atoms with Crippen LogP contribution in [0.5, 0.6) is 0 Å². The number of fused-ring (bicyclic) bond motifs is 1. The third-order valence-corrected chi connectivity index (χ3v) is 3.91. The lowest BCUT2D eigenvalue weighted by atomic mass is 9.94. The van der Waals surface area contributed by atoms with Gasteiger partial charge in [0.15, 0.2) is 5.65 Å². The maximum atomic E-state index is 12.3. The summed E-state index contributed by atoms with van der Waals surface area (Å²) in [5.41, 5.74) is 0.287. The van der Waals surface area contributed by atoms with Gasteiger partial charge in [0.05, 0.1) is 0 Å². The van der Waals surface area contributed by atoms with Crippen LogP contribution in [0.25, 0.3) is 11.2 Å². The van der Waals surface area contributed by atoms with Crippen LogP contribution in [-0.4, -0.2) is 19.1 Å². The van der Waals surface area contributed by atoms with Crippen LogP contribution in [0.15, 0.2) is 21.7 Å². The Morgan fingerprint density at radius 2 is 2.20 bits per heavy atom. The Bertz CT molecular complexity index is 794. The Hall–Kier alpha value is -2.11. The highest BCUT2D eigenvalue weighted by molar-refractivity contribution is 5.69. The Kier molecular flexibility index (Phi) is 3.08. The maximum absolute atomic E-state index is 12.3. The van der Waals surface area contributed by atoms with Crippen molar-refractivity contribution in [2.75, 3.05) is 0 Å². The van der Waals surface area contributed by atoms with Gasteiger partial charge < -0.3 is 4.98 Å². The summed E-state index contributed by atoms with van der Waals surface area (Å²) in [5.74, 6) is 1.08. The summed E-state index contributed by atoms with van der Waals surface area (Å²) in [6.45, 7) is 2.40. The van der Waals surface area contributed by atoms with Crippen molar-refractivity contribution >= 4 is 11.2 Å². The quantitative estimate of drug-likeness (QED) is 0.833. The second-order valence-corrected chi connectivity index (χ2v) is 5.43. The van der Waals surface area contributed by atoms with Gasteiger partial charge in [0.25, 0.3) is 5.56 Å². The fourth-order valence-corrected chi connectivity index (χ4v) is 2.80. The SMILES string of the molecule is Cc1nc2c([nH]1)c(=O)n(C)c(=O)n2C[C@H]1CC=CCC1. The monoisotopic (exact) mass is 274 g/mol. The maximum Gasteiger partial charge on any atom is 0.332 e. The van der Waals surface area contributed by atoms with Crippen LogP contribution < -0.4 is 11.2 Å². The van der Waals surface area contributed by atoms with E-state index >= 15 is 0 Å². The molecule has 0 spiro atoms. The number of rotatable bonds is 2. The first-order valence-corrected chi connectivity index (χ1v) is 6.89. The van der Waals surface area contributed by atoms with Gasteiger partial charge in [0.2, 0.25) is 0 Å². The largest absolute Gasteiger partial charge is 0.336 e. The van der Waals surface area contributed by atoms with E-state index in [0.717, 1.165) is 23.8 Å². The lowest BCUT2D eigenvalue weighted by Gasteiger charge is -2.19. The van der Waals surface area contributed by atoms with Gasteiger partial charge in [-0.2, -0.15) is 0 Å². The van der Waals surface area contributed by atoms with E-state index in [0.29, 0.717) is 29.5 Å². The molecule has 20 heavy (non-hydrogen) atoms. The van der Waals surface area contributed by atoms with Gasteiger partial charge in [-0.1, -0.05) is 12.2 Å². The first kappa shape index (κ1) is 12.9. The van der Waals surface area contributed by atoms with Crippen molar-refractivity contribution in [3.05, 3.63) is 38.8 Å². The summed E-state index contributed by atoms with van der Waals surface area (Å²) in [6.07, 6.45) is 7.42. The molecule has 0 radical (unpaired) electrons. The number of nitrogens with one attached hydrogen (secondary N) is 1. The zero-order valence-corrected chi connectivity index (χ0v) is 11.7. The zero-order chi connectivity index (χ0) is 14.3. The van der Waals surface area contributed by atoms with E-state index in [1.807, 2.05) is 0 Å². The summed E-state index contributed by atoms with van der Waals surface area (Å²) in [5, 5.41) is 0. The minimum Gasteiger partial charge on any atom is -0.336 e. The van der Waals surface area contributed by atoms with Crippen molar-refractivity contribution in [1.29, 1.82) is 0 Å². The average molecular weight is 274 g/mol. The van der Waals surface area contributed by atoms with Gasteiger partial charge in [-0.25, -0.2) is 9.78 Å². The smallest absolute Gasteiger partial charge is 0.332 e. The van der Waals surface area contributed by atoms with Crippen molar-refractivity contribution in [1.82, 2.24) is 19.1 Å². The Balaban J connectivity index is 2.16. The molecule has 2 heterocycles. The van der Waals surface area contributed by atoms with Crippen molar-refractivity contribution in [2.45, 2.75) is 32.7 Å². The number of hydrogen-bond acceptors (Lipinski definition) is 3. The minimum atomic E-state index is -0.314. The molecule has 0 unspecified atom stereocenters. The topological polar surface area (TPSA) is 72.7 Å². The molecule has 0 amide bonds. The van der Waals surface area contributed by atoms with E-state index in [1.54, 1.807) is 11.5 Å². The van der Waals surface area contributed by atoms with E-state index in [2.05, 4.69) is 22.1 Å². The molecule has 106 valence electrons. The molecule has 1 atom stereocenters. The van der Waals surface area contributed by atoms with E-state index in [9.17, 15) is 9.59 Å². The van der Waals surface area contributed by atoms with Crippen LogP contribution in [0.3, 0.4) is 0 Å². The molecule has 3 rings (SSSR count). The van der Waals surface area contributed by atoms with Crippen molar-refractivity contribution < 1.29 is 0 Å². The van der Waals surface area contributed by atoms with Crippen LogP contribution in [0.2, 0.25) is 0 Å². The molecule has 0 bridgehead atoms. The molecule has 2 aromatic rings. The molecular formula is C14H18N4O2. The summed E-state index contributed by atoms with van der Waals surface area (Å²) in [7, 11) is 1.51. The third-order valence-electron chi connectivity index (χ3n) is 3.91. The van der Waals surface area contributed by atoms with Crippen LogP contribution >= 0.6 is 0 Å². The number of hydrogen-bond donors (Lipinski definition) is 1. The summed E-state index contributed by atoms with van der Waals surface area (Å²) >= 11 is 0. The highest BCUT2D eigenvalue weighted by Gasteiger charge is 2.18. The van der Waals surface area contributed by atoms with Crippen molar-refractivity contribution in [3.8, 4) is 0 Å². The summed E-state index contributed by atoms with van der Waals surface area (Å²) in [6, 6.07) is 0. The first-order valence-electron chi connectivity index (χ1n) is 6.89. The molecule has 1 N–H and O–H groups in total. The van der Waals surface area contributed by atoms with Gasteiger partial charge in [-0.3, -0.25) is 13.9 Å². The number of nitrogens with zero attached hydrogens (tertiary/aromatic N) is 3. The average Bonchev–Trinajstić information content (AvgIpc) is 2.84. The molecule has 0 saturated heterocycles. The molecule has 2 aromatic heterocycles. The normalized spacial score (nSPS) is 18.8. The number of imidazole rings is 1. The van der Waals surface area contributed by atoms with Crippen LogP contribution in [0.1, 0.15) is 25.1 Å². The van der Waals surface area contributed by atoms with Crippen molar-refractivity contribution in [2.24, 2.45) is 13.0 Å². The van der Waals surface area contributed by atoms with Crippen LogP contribution in [0, 0.1) is 12.8 Å². The summed E-state index contributed by atoms with van der Waals surface area (Å²) < 4.78 is 2.78. The Morgan fingerprint density at radius 1 is 1.40 bits per heavy atom. The lowest BCUT2D eigenvalue weighted by molar-refractivity contribution is 0.401. The summed E-state index contributed by atoms with van der Waals surface area (Å²) in [4.78, 5) is 31.7. The molecule has 1 aliphatic carbocycles. The fraction of sp³-hybridized carbons (Fsp3) is 0.500. The molecule has 0 fully saturated rings. The van der Waals surface area contributed by atoms with E-state index < -0.39 is 0 Å². The molecule has 0 aliphatic heterocycles. The highest BCUT2D eigenvalue weighted by Crippen LogP contribution is 2.20. The molecule has 0 aromatic carbocycles. The molecular weight excluding hydrogens is 256 g/mol. The predicted molar refractivity (Wildman–Crippen MR) is 76.8 cm³/mol. The number of aryl methyl sites for hydroxylation is 1. The third kappa shape index (κ3) is 2.01. The van der Waals surface area contributed by atoms with Gasteiger partial charge >= 0.3 is 5.69 Å². The van der Waals surface area contributed by atoms with Gasteiger partial charge in [0.1, 0.15) is 11.3 Å². The van der Waals surface area contributed by atoms with E-state index in [1.165, 1.54) is 7.05 Å². The number of allylic oxidation sites excluding steroid dienone is 2. The molecule has 1 aliphatic rings. The second kappa shape index (κ2) is 4.77. The van der Waals surface area contributed by atoms with Crippen LogP contribution in [0.4, 0.5) is 0 Å². The molecule has 6 nitrogen and oxygen atoms in total. The van der Waals surface area contributed by atoms with Crippen LogP contribution in [-0.2, 0) is 13.6 Å². The fourth-order valence-electron chi connectivity index (χ4n) is 2.80. The van der Waals surface area contributed by atoms with Gasteiger partial charge in [-0.05, 0) is 32.1 Å². The lowest BCUT2D eigenvalue weighted by Crippen LogP contribution is -2.39.